The smallest absolute Gasteiger partial charge is 0.258 e. The summed E-state index contributed by atoms with van der Waals surface area (Å²) in [7, 11) is 0. The van der Waals surface area contributed by atoms with E-state index in [0.29, 0.717) is 41.8 Å². The summed E-state index contributed by atoms with van der Waals surface area (Å²) in [5, 5.41) is 8.91. The molecule has 0 bridgehead atoms. The Bertz CT molecular complexity index is 796. The first-order valence-corrected chi connectivity index (χ1v) is 6.90. The van der Waals surface area contributed by atoms with Gasteiger partial charge in [0.15, 0.2) is 11.6 Å². The lowest BCUT2D eigenvalue weighted by molar-refractivity contribution is 0.0985. The molecule has 1 aliphatic rings. The fourth-order valence-corrected chi connectivity index (χ4v) is 2.67. The molecule has 110 valence electrons. The molecule has 0 atom stereocenters. The van der Waals surface area contributed by atoms with Crippen LogP contribution in [0.2, 0.25) is 0 Å². The van der Waals surface area contributed by atoms with E-state index < -0.39 is 11.6 Å². The third-order valence-corrected chi connectivity index (χ3v) is 3.72. The van der Waals surface area contributed by atoms with Crippen molar-refractivity contribution in [2.75, 3.05) is 11.4 Å². The summed E-state index contributed by atoms with van der Waals surface area (Å²) in [6, 6.07) is 10.5. The van der Waals surface area contributed by atoms with Gasteiger partial charge in [-0.3, -0.25) is 4.79 Å². The van der Waals surface area contributed by atoms with E-state index in [2.05, 4.69) is 0 Å². The topological polar surface area (TPSA) is 44.1 Å². The number of aryl methyl sites for hydroxylation is 1. The zero-order chi connectivity index (χ0) is 15.7. The number of hydrogen-bond acceptors (Lipinski definition) is 2. The molecule has 0 aliphatic carbocycles. The van der Waals surface area contributed by atoms with E-state index in [1.807, 2.05) is 6.07 Å². The molecule has 0 fully saturated rings. The Kier molecular flexibility index (Phi) is 3.60. The van der Waals surface area contributed by atoms with Crippen LogP contribution in [-0.4, -0.2) is 12.5 Å². The van der Waals surface area contributed by atoms with Crippen LogP contribution in [0, 0.1) is 23.0 Å². The Morgan fingerprint density at radius 3 is 2.73 bits per heavy atom. The van der Waals surface area contributed by atoms with E-state index in [1.54, 1.807) is 18.2 Å². The van der Waals surface area contributed by atoms with Crippen LogP contribution in [-0.2, 0) is 6.42 Å². The second kappa shape index (κ2) is 5.57. The number of amides is 1. The number of hydrogen-bond donors (Lipinski definition) is 0. The minimum absolute atomic E-state index is 0.316. The minimum atomic E-state index is -0.968. The lowest BCUT2D eigenvalue weighted by Crippen LogP contribution is -2.35. The van der Waals surface area contributed by atoms with Crippen molar-refractivity contribution in [1.29, 1.82) is 5.26 Å². The fourth-order valence-electron chi connectivity index (χ4n) is 2.67. The van der Waals surface area contributed by atoms with Gasteiger partial charge in [0.25, 0.3) is 5.91 Å². The maximum absolute atomic E-state index is 13.5. The highest BCUT2D eigenvalue weighted by molar-refractivity contribution is 6.06. The summed E-state index contributed by atoms with van der Waals surface area (Å²) in [5.41, 5.74) is 1.76. The molecular weight excluding hydrogens is 286 g/mol. The number of carbonyl (C=O) groups is 1. The summed E-state index contributed by atoms with van der Waals surface area (Å²) in [4.78, 5) is 14.1. The normalized spacial score (nSPS) is 13.4. The van der Waals surface area contributed by atoms with Crippen LogP contribution in [0.4, 0.5) is 14.5 Å². The molecule has 0 unspecified atom stereocenters. The van der Waals surface area contributed by atoms with Crippen LogP contribution < -0.4 is 4.90 Å². The number of nitriles is 1. The molecule has 1 amide bonds. The van der Waals surface area contributed by atoms with Crippen molar-refractivity contribution >= 4 is 11.6 Å². The predicted molar refractivity (Wildman–Crippen MR) is 77.5 cm³/mol. The van der Waals surface area contributed by atoms with Gasteiger partial charge in [0.1, 0.15) is 0 Å². The molecule has 0 N–H and O–H groups in total. The van der Waals surface area contributed by atoms with Crippen molar-refractivity contribution in [3.63, 3.8) is 0 Å². The van der Waals surface area contributed by atoms with E-state index in [4.69, 9.17) is 5.26 Å². The lowest BCUT2D eigenvalue weighted by Gasteiger charge is -2.29. The summed E-state index contributed by atoms with van der Waals surface area (Å²) < 4.78 is 26.9. The third kappa shape index (κ3) is 2.44. The van der Waals surface area contributed by atoms with E-state index in [-0.39, 0.29) is 5.91 Å². The fraction of sp³-hybridized carbons (Fsp3) is 0.176. The monoisotopic (exact) mass is 298 g/mol. The Morgan fingerprint density at radius 2 is 1.95 bits per heavy atom. The number of rotatable bonds is 1. The molecular formula is C17H12F2N2O. The van der Waals surface area contributed by atoms with E-state index in [9.17, 15) is 13.6 Å². The highest BCUT2D eigenvalue weighted by atomic mass is 19.2. The van der Waals surface area contributed by atoms with Crippen LogP contribution in [0.15, 0.2) is 36.4 Å². The SMILES string of the molecule is N#Cc1cccc(C(=O)N2CCCc3cc(F)c(F)cc32)c1. The van der Waals surface area contributed by atoms with Crippen LogP contribution in [0.25, 0.3) is 0 Å². The van der Waals surface area contributed by atoms with Crippen molar-refractivity contribution in [1.82, 2.24) is 0 Å². The maximum atomic E-state index is 13.5. The number of carbonyl (C=O) groups excluding carboxylic acids is 1. The second-order valence-corrected chi connectivity index (χ2v) is 5.15. The van der Waals surface area contributed by atoms with Gasteiger partial charge in [-0.25, -0.2) is 8.78 Å². The standard InChI is InChI=1S/C17H12F2N2O/c18-14-8-12-5-2-6-21(16(12)9-15(14)19)17(22)13-4-1-3-11(7-13)10-20/h1,3-4,7-9H,2,5-6H2. The first-order valence-electron chi connectivity index (χ1n) is 6.90. The van der Waals surface area contributed by atoms with Gasteiger partial charge in [-0.05, 0) is 42.7 Å². The average Bonchev–Trinajstić information content (AvgIpc) is 2.55. The molecule has 1 heterocycles. The number of fused-ring (bicyclic) bond motifs is 1. The van der Waals surface area contributed by atoms with E-state index in [1.165, 1.54) is 11.0 Å². The van der Waals surface area contributed by atoms with Gasteiger partial charge in [-0.2, -0.15) is 5.26 Å². The molecule has 0 aromatic heterocycles. The Balaban J connectivity index is 2.02. The third-order valence-electron chi connectivity index (χ3n) is 3.72. The zero-order valence-electron chi connectivity index (χ0n) is 11.6. The quantitative estimate of drug-likeness (QED) is 0.809. The molecule has 0 radical (unpaired) electrons. The summed E-state index contributed by atoms with van der Waals surface area (Å²) in [6.07, 6.45) is 1.29. The zero-order valence-corrected chi connectivity index (χ0v) is 11.6. The van der Waals surface area contributed by atoms with Crippen molar-refractivity contribution < 1.29 is 13.6 Å². The highest BCUT2D eigenvalue weighted by Gasteiger charge is 2.25. The first-order chi connectivity index (χ1) is 10.6. The number of halogens is 2. The summed E-state index contributed by atoms with van der Waals surface area (Å²) in [6.45, 7) is 0.438. The first kappa shape index (κ1) is 14.2. The van der Waals surface area contributed by atoms with Gasteiger partial charge in [0.05, 0.1) is 17.3 Å². The van der Waals surface area contributed by atoms with Crippen molar-refractivity contribution in [3.8, 4) is 6.07 Å². The van der Waals surface area contributed by atoms with Crippen molar-refractivity contribution in [2.24, 2.45) is 0 Å². The van der Waals surface area contributed by atoms with Crippen LogP contribution in [0.3, 0.4) is 0 Å². The minimum Gasteiger partial charge on any atom is -0.308 e. The molecule has 3 nitrogen and oxygen atoms in total. The van der Waals surface area contributed by atoms with Crippen molar-refractivity contribution in [3.05, 3.63) is 64.7 Å². The van der Waals surface area contributed by atoms with Gasteiger partial charge in [-0.1, -0.05) is 6.07 Å². The average molecular weight is 298 g/mol. The Hall–Kier alpha value is -2.74. The molecule has 22 heavy (non-hydrogen) atoms. The second-order valence-electron chi connectivity index (χ2n) is 5.15. The molecule has 3 rings (SSSR count). The molecule has 1 aliphatic heterocycles. The van der Waals surface area contributed by atoms with Crippen LogP contribution in [0.1, 0.15) is 27.9 Å². The number of benzene rings is 2. The van der Waals surface area contributed by atoms with E-state index in [0.717, 1.165) is 12.1 Å². The summed E-state index contributed by atoms with van der Waals surface area (Å²) >= 11 is 0. The molecule has 2 aromatic rings. The maximum Gasteiger partial charge on any atom is 0.258 e. The van der Waals surface area contributed by atoms with Gasteiger partial charge < -0.3 is 4.90 Å². The van der Waals surface area contributed by atoms with Crippen LogP contribution in [0.5, 0.6) is 0 Å². The van der Waals surface area contributed by atoms with Crippen LogP contribution >= 0.6 is 0 Å². The largest absolute Gasteiger partial charge is 0.308 e. The van der Waals surface area contributed by atoms with Gasteiger partial charge in [0, 0.05) is 18.2 Å². The Labute approximate surface area is 126 Å². The highest BCUT2D eigenvalue weighted by Crippen LogP contribution is 2.30. The number of nitrogens with zero attached hydrogens (tertiary/aromatic N) is 2. The Morgan fingerprint density at radius 1 is 1.18 bits per heavy atom. The lowest BCUT2D eigenvalue weighted by atomic mass is 10.00. The predicted octanol–water partition coefficient (Wildman–Crippen LogP) is 3.43. The number of anilines is 1. The van der Waals surface area contributed by atoms with Gasteiger partial charge in [0.2, 0.25) is 0 Å². The molecule has 0 saturated heterocycles. The van der Waals surface area contributed by atoms with E-state index >= 15 is 0 Å². The molecule has 0 spiro atoms. The summed E-state index contributed by atoms with van der Waals surface area (Å²) in [5.74, 6) is -2.19. The molecule has 0 saturated carbocycles. The molecule has 2 aromatic carbocycles. The van der Waals surface area contributed by atoms with Gasteiger partial charge >= 0.3 is 0 Å². The van der Waals surface area contributed by atoms with Crippen molar-refractivity contribution in [2.45, 2.75) is 12.8 Å². The molecule has 5 heteroatoms. The van der Waals surface area contributed by atoms with Gasteiger partial charge in [-0.15, -0.1) is 0 Å².